The fourth-order valence-corrected chi connectivity index (χ4v) is 3.65. The van der Waals surface area contributed by atoms with Gasteiger partial charge < -0.3 is 15.0 Å². The molecular formula is C11H17BrN2OS. The molecule has 1 aliphatic rings. The molecule has 0 bridgehead atoms. The molecule has 90 valence electrons. The number of likely N-dealkylation sites (N-methyl/N-ethyl adjacent to an activating group) is 2. The first-order valence-corrected chi connectivity index (χ1v) is 7.15. The number of morpholine rings is 1. The molecule has 2 heterocycles. The molecule has 0 aromatic carbocycles. The maximum atomic E-state index is 5.86. The average Bonchev–Trinajstić information content (AvgIpc) is 2.67. The quantitative estimate of drug-likeness (QED) is 0.925. The van der Waals surface area contributed by atoms with Gasteiger partial charge in [-0.1, -0.05) is 0 Å². The van der Waals surface area contributed by atoms with Gasteiger partial charge in [0.2, 0.25) is 0 Å². The molecule has 0 spiro atoms. The van der Waals surface area contributed by atoms with Gasteiger partial charge in [0.25, 0.3) is 0 Å². The third-order valence-corrected chi connectivity index (χ3v) is 4.71. The highest BCUT2D eigenvalue weighted by Crippen LogP contribution is 2.31. The van der Waals surface area contributed by atoms with E-state index in [4.69, 9.17) is 4.74 Å². The number of halogens is 1. The molecule has 5 heteroatoms. The summed E-state index contributed by atoms with van der Waals surface area (Å²) in [6.07, 6.45) is 0.231. The minimum atomic E-state index is 0.231. The molecule has 0 amide bonds. The molecule has 2 atom stereocenters. The van der Waals surface area contributed by atoms with Gasteiger partial charge in [0.1, 0.15) is 0 Å². The number of ether oxygens (including phenoxy) is 1. The summed E-state index contributed by atoms with van der Waals surface area (Å²) in [5.41, 5.74) is 1.30. The molecule has 1 aromatic rings. The molecule has 1 aromatic heterocycles. The predicted molar refractivity (Wildman–Crippen MR) is 71.1 cm³/mol. The number of rotatable bonds is 3. The second-order valence-corrected chi connectivity index (χ2v) is 5.71. The summed E-state index contributed by atoms with van der Waals surface area (Å²) in [5, 5.41) is 7.66. The first kappa shape index (κ1) is 12.5. The summed E-state index contributed by atoms with van der Waals surface area (Å²) >= 11 is 5.31. The Morgan fingerprint density at radius 2 is 2.44 bits per heavy atom. The summed E-state index contributed by atoms with van der Waals surface area (Å²) in [6, 6.07) is 0.267. The summed E-state index contributed by atoms with van der Waals surface area (Å²) < 4.78 is 7.03. The average molecular weight is 305 g/mol. The van der Waals surface area contributed by atoms with Crippen LogP contribution in [0, 0.1) is 0 Å². The molecule has 2 rings (SSSR count). The van der Waals surface area contributed by atoms with E-state index >= 15 is 0 Å². The van der Waals surface area contributed by atoms with Crippen LogP contribution in [0.5, 0.6) is 0 Å². The van der Waals surface area contributed by atoms with Crippen LogP contribution in [-0.2, 0) is 4.74 Å². The van der Waals surface area contributed by atoms with Crippen molar-refractivity contribution in [2.24, 2.45) is 0 Å². The zero-order valence-corrected chi connectivity index (χ0v) is 12.0. The maximum absolute atomic E-state index is 5.86. The minimum absolute atomic E-state index is 0.231. The minimum Gasteiger partial charge on any atom is -0.374 e. The Labute approximate surface area is 109 Å². The number of hydrogen-bond acceptors (Lipinski definition) is 4. The predicted octanol–water partition coefficient (Wildman–Crippen LogP) is 2.10. The van der Waals surface area contributed by atoms with E-state index in [1.54, 1.807) is 11.3 Å². The van der Waals surface area contributed by atoms with E-state index in [0.29, 0.717) is 0 Å². The molecule has 16 heavy (non-hydrogen) atoms. The van der Waals surface area contributed by atoms with Gasteiger partial charge in [0.15, 0.2) is 0 Å². The molecule has 1 aliphatic heterocycles. The van der Waals surface area contributed by atoms with Crippen LogP contribution in [0.2, 0.25) is 0 Å². The Bertz CT molecular complexity index is 344. The van der Waals surface area contributed by atoms with Crippen molar-refractivity contribution in [3.05, 3.63) is 20.8 Å². The molecule has 1 saturated heterocycles. The number of nitrogens with zero attached hydrogens (tertiary/aromatic N) is 1. The highest BCUT2D eigenvalue weighted by molar-refractivity contribution is 9.10. The lowest BCUT2D eigenvalue weighted by atomic mass is 10.0. The van der Waals surface area contributed by atoms with Crippen molar-refractivity contribution in [3.63, 3.8) is 0 Å². The second kappa shape index (κ2) is 5.60. The summed E-state index contributed by atoms with van der Waals surface area (Å²) in [4.78, 5) is 2.32. The lowest BCUT2D eigenvalue weighted by Gasteiger charge is -2.35. The second-order valence-electron chi connectivity index (χ2n) is 4.11. The molecule has 2 unspecified atom stereocenters. The van der Waals surface area contributed by atoms with Gasteiger partial charge in [0.05, 0.1) is 18.8 Å². The normalized spacial score (nSPS) is 24.6. The van der Waals surface area contributed by atoms with E-state index < -0.39 is 0 Å². The van der Waals surface area contributed by atoms with Crippen LogP contribution in [0.25, 0.3) is 0 Å². The Hall–Kier alpha value is 0.0600. The molecule has 0 saturated carbocycles. The zero-order chi connectivity index (χ0) is 11.5. The van der Waals surface area contributed by atoms with Gasteiger partial charge >= 0.3 is 0 Å². The SMILES string of the molecule is CNC(c1cscc1Br)C1CN(C)CCO1. The molecular weight excluding hydrogens is 288 g/mol. The third kappa shape index (κ3) is 2.65. The molecule has 0 radical (unpaired) electrons. The van der Waals surface area contributed by atoms with Crippen molar-refractivity contribution >= 4 is 27.3 Å². The lowest BCUT2D eigenvalue weighted by Crippen LogP contribution is -2.46. The first-order valence-electron chi connectivity index (χ1n) is 5.41. The smallest absolute Gasteiger partial charge is 0.0897 e. The van der Waals surface area contributed by atoms with Crippen LogP contribution < -0.4 is 5.32 Å². The van der Waals surface area contributed by atoms with Crippen LogP contribution in [0.15, 0.2) is 15.2 Å². The molecule has 1 N–H and O–H groups in total. The van der Waals surface area contributed by atoms with Crippen LogP contribution in [0.3, 0.4) is 0 Å². The Balaban J connectivity index is 2.13. The maximum Gasteiger partial charge on any atom is 0.0897 e. The zero-order valence-electron chi connectivity index (χ0n) is 9.57. The Kier molecular flexibility index (Phi) is 4.38. The van der Waals surface area contributed by atoms with E-state index in [1.165, 1.54) is 10.0 Å². The van der Waals surface area contributed by atoms with Gasteiger partial charge in [-0.2, -0.15) is 11.3 Å². The fourth-order valence-electron chi connectivity index (χ4n) is 2.07. The number of hydrogen-bond donors (Lipinski definition) is 1. The molecule has 1 fully saturated rings. The molecule has 3 nitrogen and oxygen atoms in total. The van der Waals surface area contributed by atoms with Gasteiger partial charge in [0, 0.05) is 22.9 Å². The van der Waals surface area contributed by atoms with Crippen molar-refractivity contribution in [1.82, 2.24) is 10.2 Å². The van der Waals surface area contributed by atoms with Crippen molar-refractivity contribution in [2.45, 2.75) is 12.1 Å². The Morgan fingerprint density at radius 1 is 1.62 bits per heavy atom. The van der Waals surface area contributed by atoms with Gasteiger partial charge in [-0.15, -0.1) is 0 Å². The van der Waals surface area contributed by atoms with E-state index in [-0.39, 0.29) is 12.1 Å². The Morgan fingerprint density at radius 3 is 3.00 bits per heavy atom. The van der Waals surface area contributed by atoms with Gasteiger partial charge in [-0.25, -0.2) is 0 Å². The number of thiophene rings is 1. The fraction of sp³-hybridized carbons (Fsp3) is 0.636. The largest absolute Gasteiger partial charge is 0.374 e. The van der Waals surface area contributed by atoms with Crippen molar-refractivity contribution in [2.75, 3.05) is 33.8 Å². The summed E-state index contributed by atoms with van der Waals surface area (Å²) in [7, 11) is 4.14. The van der Waals surface area contributed by atoms with Crippen LogP contribution in [0.4, 0.5) is 0 Å². The summed E-state index contributed by atoms with van der Waals surface area (Å²) in [6.45, 7) is 2.83. The van der Waals surface area contributed by atoms with Crippen LogP contribution >= 0.6 is 27.3 Å². The number of nitrogens with one attached hydrogen (secondary N) is 1. The van der Waals surface area contributed by atoms with Crippen LogP contribution in [-0.4, -0.2) is 44.8 Å². The van der Waals surface area contributed by atoms with Crippen molar-refractivity contribution < 1.29 is 4.74 Å². The van der Waals surface area contributed by atoms with Crippen molar-refractivity contribution in [1.29, 1.82) is 0 Å². The highest BCUT2D eigenvalue weighted by atomic mass is 79.9. The van der Waals surface area contributed by atoms with Gasteiger partial charge in [-0.05, 0) is 41.0 Å². The first-order chi connectivity index (χ1) is 7.72. The van der Waals surface area contributed by atoms with Gasteiger partial charge in [-0.3, -0.25) is 0 Å². The van der Waals surface area contributed by atoms with E-state index in [9.17, 15) is 0 Å². The molecule has 0 aliphatic carbocycles. The monoisotopic (exact) mass is 304 g/mol. The van der Waals surface area contributed by atoms with Crippen molar-refractivity contribution in [3.8, 4) is 0 Å². The highest BCUT2D eigenvalue weighted by Gasteiger charge is 2.28. The standard InChI is InChI=1S/C11H17BrN2OS/c1-13-11(8-6-16-7-9(8)12)10-5-14(2)3-4-15-10/h6-7,10-11,13H,3-5H2,1-2H3. The third-order valence-electron chi connectivity index (χ3n) is 2.96. The summed E-state index contributed by atoms with van der Waals surface area (Å²) in [5.74, 6) is 0. The van der Waals surface area contributed by atoms with Crippen LogP contribution in [0.1, 0.15) is 11.6 Å². The van der Waals surface area contributed by atoms with E-state index in [1.807, 2.05) is 7.05 Å². The topological polar surface area (TPSA) is 24.5 Å². The lowest BCUT2D eigenvalue weighted by molar-refractivity contribution is -0.0380. The van der Waals surface area contributed by atoms with E-state index in [2.05, 4.69) is 44.0 Å². The van der Waals surface area contributed by atoms with E-state index in [0.717, 1.165) is 19.7 Å².